The molecule has 3 aliphatic rings. The number of nitrogens with zero attached hydrogens (tertiary/aromatic N) is 2. The maximum atomic E-state index is 13.1. The minimum atomic E-state index is 0.196. The molecule has 2 aliphatic heterocycles. The van der Waals surface area contributed by atoms with Gasteiger partial charge in [0.05, 0.1) is 20.3 Å². The Hall–Kier alpha value is -1.59. The van der Waals surface area contributed by atoms with Crippen LogP contribution in [-0.2, 0) is 16.1 Å². The monoisotopic (exact) mass is 358 g/mol. The molecular formula is C21H30N2O3. The van der Waals surface area contributed by atoms with Crippen LogP contribution in [0.1, 0.15) is 31.2 Å². The summed E-state index contributed by atoms with van der Waals surface area (Å²) in [6, 6.07) is 8.35. The first kappa shape index (κ1) is 17.8. The lowest BCUT2D eigenvalue weighted by molar-refractivity contribution is -0.143. The number of rotatable bonds is 4. The molecule has 1 aliphatic carbocycles. The third kappa shape index (κ3) is 3.47. The lowest BCUT2D eigenvalue weighted by Gasteiger charge is -2.36. The van der Waals surface area contributed by atoms with Crippen LogP contribution < -0.4 is 4.74 Å². The van der Waals surface area contributed by atoms with Gasteiger partial charge in [-0.2, -0.15) is 0 Å². The van der Waals surface area contributed by atoms with Gasteiger partial charge in [-0.15, -0.1) is 0 Å². The van der Waals surface area contributed by atoms with Crippen LogP contribution in [0.5, 0.6) is 5.75 Å². The van der Waals surface area contributed by atoms with Gasteiger partial charge < -0.3 is 14.4 Å². The normalized spacial score (nSPS) is 29.4. The molecule has 3 fully saturated rings. The molecule has 4 rings (SSSR count). The highest BCUT2D eigenvalue weighted by Crippen LogP contribution is 2.50. The summed E-state index contributed by atoms with van der Waals surface area (Å²) in [5.74, 6) is 1.50. The third-order valence-electron chi connectivity index (χ3n) is 6.56. The Balaban J connectivity index is 1.40. The smallest absolute Gasteiger partial charge is 0.226 e. The summed E-state index contributed by atoms with van der Waals surface area (Å²) >= 11 is 0. The Kier molecular flexibility index (Phi) is 5.18. The maximum Gasteiger partial charge on any atom is 0.226 e. The van der Waals surface area contributed by atoms with E-state index >= 15 is 0 Å². The number of carbonyl (C=O) groups is 1. The summed E-state index contributed by atoms with van der Waals surface area (Å²) in [7, 11) is 1.70. The van der Waals surface area contributed by atoms with E-state index in [1.54, 1.807) is 7.11 Å². The van der Waals surface area contributed by atoms with E-state index in [1.165, 1.54) is 18.4 Å². The molecule has 1 spiro atoms. The van der Waals surface area contributed by atoms with Crippen molar-refractivity contribution in [2.45, 2.75) is 32.2 Å². The van der Waals surface area contributed by atoms with E-state index in [0.29, 0.717) is 19.1 Å². The SMILES string of the molecule is COc1ccc(CN2CC[C@@]3(CCC[C@@H]3C(=O)N3CCOCC3)C2)cc1. The highest BCUT2D eigenvalue weighted by atomic mass is 16.5. The number of hydrogen-bond donors (Lipinski definition) is 0. The first-order chi connectivity index (χ1) is 12.7. The number of methoxy groups -OCH3 is 1. The van der Waals surface area contributed by atoms with Gasteiger partial charge in [0.1, 0.15) is 5.75 Å². The Labute approximate surface area is 156 Å². The van der Waals surface area contributed by atoms with E-state index in [4.69, 9.17) is 9.47 Å². The zero-order valence-electron chi connectivity index (χ0n) is 15.8. The minimum absolute atomic E-state index is 0.196. The fraction of sp³-hybridized carbons (Fsp3) is 0.667. The van der Waals surface area contributed by atoms with Crippen LogP contribution >= 0.6 is 0 Å². The van der Waals surface area contributed by atoms with Crippen molar-refractivity contribution in [3.05, 3.63) is 29.8 Å². The molecule has 2 saturated heterocycles. The summed E-state index contributed by atoms with van der Waals surface area (Å²) in [5, 5.41) is 0. The second-order valence-corrected chi connectivity index (χ2v) is 8.05. The quantitative estimate of drug-likeness (QED) is 0.830. The molecule has 0 unspecified atom stereocenters. The van der Waals surface area contributed by atoms with E-state index in [1.807, 2.05) is 17.0 Å². The van der Waals surface area contributed by atoms with Crippen LogP contribution in [0.15, 0.2) is 24.3 Å². The number of ether oxygens (including phenoxy) is 2. The van der Waals surface area contributed by atoms with Gasteiger partial charge in [-0.3, -0.25) is 9.69 Å². The van der Waals surface area contributed by atoms with Crippen LogP contribution in [0.25, 0.3) is 0 Å². The first-order valence-electron chi connectivity index (χ1n) is 9.92. The predicted molar refractivity (Wildman–Crippen MR) is 100 cm³/mol. The highest BCUT2D eigenvalue weighted by Gasteiger charge is 2.51. The lowest BCUT2D eigenvalue weighted by atomic mass is 9.76. The zero-order valence-corrected chi connectivity index (χ0v) is 15.8. The van der Waals surface area contributed by atoms with Gasteiger partial charge in [-0.25, -0.2) is 0 Å². The zero-order chi connectivity index (χ0) is 18.0. The molecule has 26 heavy (non-hydrogen) atoms. The Morgan fingerprint density at radius 1 is 1.19 bits per heavy atom. The maximum absolute atomic E-state index is 13.1. The van der Waals surface area contributed by atoms with Crippen LogP contribution in [0.4, 0.5) is 0 Å². The number of morpholine rings is 1. The van der Waals surface area contributed by atoms with E-state index in [2.05, 4.69) is 17.0 Å². The number of hydrogen-bond acceptors (Lipinski definition) is 4. The molecule has 0 bridgehead atoms. The average Bonchev–Trinajstić information content (AvgIpc) is 3.29. The predicted octanol–water partition coefficient (Wildman–Crippen LogP) is 2.55. The van der Waals surface area contributed by atoms with Gasteiger partial charge in [0.2, 0.25) is 5.91 Å². The van der Waals surface area contributed by atoms with Crippen LogP contribution in [0, 0.1) is 11.3 Å². The van der Waals surface area contributed by atoms with Crippen LogP contribution in [-0.4, -0.2) is 62.2 Å². The molecule has 5 nitrogen and oxygen atoms in total. The molecule has 142 valence electrons. The van der Waals surface area contributed by atoms with Gasteiger partial charge >= 0.3 is 0 Å². The molecule has 1 aromatic rings. The second-order valence-electron chi connectivity index (χ2n) is 8.05. The minimum Gasteiger partial charge on any atom is -0.497 e. The molecule has 1 amide bonds. The number of benzene rings is 1. The van der Waals surface area contributed by atoms with E-state index in [0.717, 1.165) is 51.3 Å². The fourth-order valence-corrected chi connectivity index (χ4v) is 5.12. The van der Waals surface area contributed by atoms with Crippen molar-refractivity contribution in [3.8, 4) is 5.75 Å². The summed E-state index contributed by atoms with van der Waals surface area (Å²) in [4.78, 5) is 17.7. The Morgan fingerprint density at radius 3 is 2.69 bits per heavy atom. The molecule has 0 N–H and O–H groups in total. The molecular weight excluding hydrogens is 328 g/mol. The van der Waals surface area contributed by atoms with Crippen molar-refractivity contribution < 1.29 is 14.3 Å². The van der Waals surface area contributed by atoms with Crippen molar-refractivity contribution >= 4 is 5.91 Å². The Bertz CT molecular complexity index is 627. The summed E-state index contributed by atoms with van der Waals surface area (Å²) < 4.78 is 10.7. The molecule has 2 atom stereocenters. The van der Waals surface area contributed by atoms with Gasteiger partial charge in [0.15, 0.2) is 0 Å². The molecule has 1 aromatic carbocycles. The van der Waals surface area contributed by atoms with Crippen LogP contribution in [0.3, 0.4) is 0 Å². The molecule has 1 saturated carbocycles. The van der Waals surface area contributed by atoms with E-state index in [-0.39, 0.29) is 11.3 Å². The number of likely N-dealkylation sites (tertiary alicyclic amines) is 1. The standard InChI is InChI=1S/C21H30N2O3/c1-25-18-6-4-17(5-7-18)15-22-10-9-21(16-22)8-2-3-19(21)20(24)23-11-13-26-14-12-23/h4-7,19H,2-3,8-16H2,1H3/t19-,21+/m1/s1. The highest BCUT2D eigenvalue weighted by molar-refractivity contribution is 5.80. The Morgan fingerprint density at radius 2 is 1.96 bits per heavy atom. The molecule has 5 heteroatoms. The molecule has 0 aromatic heterocycles. The number of amides is 1. The van der Waals surface area contributed by atoms with Gasteiger partial charge in [-0.05, 0) is 48.9 Å². The second kappa shape index (κ2) is 7.57. The van der Waals surface area contributed by atoms with Gasteiger partial charge in [-0.1, -0.05) is 18.6 Å². The van der Waals surface area contributed by atoms with Crippen molar-refractivity contribution in [3.63, 3.8) is 0 Å². The van der Waals surface area contributed by atoms with E-state index < -0.39 is 0 Å². The van der Waals surface area contributed by atoms with E-state index in [9.17, 15) is 4.79 Å². The topological polar surface area (TPSA) is 42.0 Å². The molecule has 0 radical (unpaired) electrons. The molecule has 2 heterocycles. The summed E-state index contributed by atoms with van der Waals surface area (Å²) in [6.45, 7) is 6.02. The van der Waals surface area contributed by atoms with Gasteiger partial charge in [0.25, 0.3) is 0 Å². The van der Waals surface area contributed by atoms with Crippen molar-refractivity contribution in [2.75, 3.05) is 46.5 Å². The summed E-state index contributed by atoms with van der Waals surface area (Å²) in [5.41, 5.74) is 1.51. The first-order valence-corrected chi connectivity index (χ1v) is 9.92. The fourth-order valence-electron chi connectivity index (χ4n) is 5.12. The van der Waals surface area contributed by atoms with Crippen molar-refractivity contribution in [1.29, 1.82) is 0 Å². The van der Waals surface area contributed by atoms with Gasteiger partial charge in [0, 0.05) is 32.1 Å². The largest absolute Gasteiger partial charge is 0.497 e. The third-order valence-corrected chi connectivity index (χ3v) is 6.56. The van der Waals surface area contributed by atoms with Crippen LogP contribution in [0.2, 0.25) is 0 Å². The number of carbonyl (C=O) groups excluding carboxylic acids is 1. The average molecular weight is 358 g/mol. The van der Waals surface area contributed by atoms with Crippen molar-refractivity contribution in [1.82, 2.24) is 9.80 Å². The van der Waals surface area contributed by atoms with Crippen molar-refractivity contribution in [2.24, 2.45) is 11.3 Å². The summed E-state index contributed by atoms with van der Waals surface area (Å²) in [6.07, 6.45) is 4.61. The lowest BCUT2D eigenvalue weighted by Crippen LogP contribution is -2.47.